The summed E-state index contributed by atoms with van der Waals surface area (Å²) >= 11 is 0. The lowest BCUT2D eigenvalue weighted by atomic mass is 10.0. The maximum Gasteiger partial charge on any atom is 0.153 e. The summed E-state index contributed by atoms with van der Waals surface area (Å²) in [5.41, 5.74) is 1.90. The number of aliphatic hydroxyl groups is 1. The van der Waals surface area contributed by atoms with E-state index in [1.807, 2.05) is 38.1 Å². The summed E-state index contributed by atoms with van der Waals surface area (Å²) in [5.74, 6) is 1.18. The molecule has 0 radical (unpaired) electrons. The van der Waals surface area contributed by atoms with Crippen LogP contribution in [0.2, 0.25) is 0 Å². The molecule has 2 rings (SSSR count). The number of fused-ring (bicyclic) bond motifs is 1. The highest BCUT2D eigenvalue weighted by molar-refractivity contribution is 5.72. The van der Waals surface area contributed by atoms with Crippen molar-refractivity contribution in [1.82, 2.24) is 0 Å². The summed E-state index contributed by atoms with van der Waals surface area (Å²) in [5, 5.41) is 9.65. The van der Waals surface area contributed by atoms with Crippen LogP contribution >= 0.6 is 0 Å². The molecule has 0 aromatic heterocycles. The molecule has 1 unspecified atom stereocenters. The molecule has 1 aliphatic rings. The van der Waals surface area contributed by atoms with Gasteiger partial charge in [0.15, 0.2) is 6.10 Å². The van der Waals surface area contributed by atoms with Crippen LogP contribution in [0.1, 0.15) is 19.4 Å². The van der Waals surface area contributed by atoms with Crippen LogP contribution in [0.15, 0.2) is 30.0 Å². The molecule has 13 heavy (non-hydrogen) atoms. The topological polar surface area (TPSA) is 29.5 Å². The van der Waals surface area contributed by atoms with Crippen LogP contribution in [0.5, 0.6) is 5.75 Å². The van der Waals surface area contributed by atoms with Crippen molar-refractivity contribution < 1.29 is 9.84 Å². The van der Waals surface area contributed by atoms with Crippen LogP contribution in [0.3, 0.4) is 0 Å². The maximum absolute atomic E-state index is 9.65. The van der Waals surface area contributed by atoms with E-state index >= 15 is 0 Å². The molecule has 0 fully saturated rings. The minimum atomic E-state index is -0.227. The highest BCUT2D eigenvalue weighted by Gasteiger charge is 2.21. The van der Waals surface area contributed by atoms with Gasteiger partial charge in [0, 0.05) is 11.1 Å². The Morgan fingerprint density at radius 1 is 1.31 bits per heavy atom. The SMILES string of the molecule is CC1=C(O)C(C)Oc2ccccc21. The van der Waals surface area contributed by atoms with Gasteiger partial charge < -0.3 is 9.84 Å². The molecule has 0 amide bonds. The fourth-order valence-corrected chi connectivity index (χ4v) is 1.57. The summed E-state index contributed by atoms with van der Waals surface area (Å²) < 4.78 is 5.51. The Hall–Kier alpha value is -1.44. The molecule has 2 heteroatoms. The molecule has 1 aromatic rings. The van der Waals surface area contributed by atoms with E-state index in [9.17, 15) is 5.11 Å². The van der Waals surface area contributed by atoms with E-state index in [2.05, 4.69) is 0 Å². The largest absolute Gasteiger partial charge is 0.508 e. The predicted molar refractivity (Wildman–Crippen MR) is 51.8 cm³/mol. The van der Waals surface area contributed by atoms with Gasteiger partial charge in [0.25, 0.3) is 0 Å². The van der Waals surface area contributed by atoms with E-state index in [0.29, 0.717) is 5.76 Å². The molecule has 68 valence electrons. The average Bonchev–Trinajstić information content (AvgIpc) is 2.15. The molecule has 1 aromatic carbocycles. The van der Waals surface area contributed by atoms with Crippen LogP contribution in [-0.4, -0.2) is 11.2 Å². The lowest BCUT2D eigenvalue weighted by Crippen LogP contribution is -2.20. The first-order valence-corrected chi connectivity index (χ1v) is 4.36. The second-order valence-corrected chi connectivity index (χ2v) is 3.27. The zero-order chi connectivity index (χ0) is 9.42. The zero-order valence-corrected chi connectivity index (χ0v) is 7.74. The first-order valence-electron chi connectivity index (χ1n) is 4.36. The van der Waals surface area contributed by atoms with Gasteiger partial charge in [-0.2, -0.15) is 0 Å². The standard InChI is InChI=1S/C11H12O2/c1-7-9-5-3-4-6-10(9)13-8(2)11(7)12/h3-6,8,12H,1-2H3. The van der Waals surface area contributed by atoms with Crippen molar-refractivity contribution in [1.29, 1.82) is 0 Å². The highest BCUT2D eigenvalue weighted by atomic mass is 16.5. The van der Waals surface area contributed by atoms with Crippen LogP contribution < -0.4 is 4.74 Å². The van der Waals surface area contributed by atoms with Crippen molar-refractivity contribution in [3.8, 4) is 5.75 Å². The second-order valence-electron chi connectivity index (χ2n) is 3.27. The Labute approximate surface area is 77.5 Å². The van der Waals surface area contributed by atoms with Gasteiger partial charge in [-0.1, -0.05) is 18.2 Å². The van der Waals surface area contributed by atoms with E-state index in [1.165, 1.54) is 0 Å². The summed E-state index contributed by atoms with van der Waals surface area (Å²) in [7, 11) is 0. The third-order valence-corrected chi connectivity index (χ3v) is 2.36. The quantitative estimate of drug-likeness (QED) is 0.658. The maximum atomic E-state index is 9.65. The number of hydrogen-bond acceptors (Lipinski definition) is 2. The molecule has 0 saturated heterocycles. The first-order chi connectivity index (χ1) is 6.20. The average molecular weight is 176 g/mol. The lowest BCUT2D eigenvalue weighted by molar-refractivity contribution is 0.186. The number of hydrogen-bond donors (Lipinski definition) is 1. The third kappa shape index (κ3) is 1.18. The predicted octanol–water partition coefficient (Wildman–Crippen LogP) is 2.76. The van der Waals surface area contributed by atoms with Crippen LogP contribution in [0.4, 0.5) is 0 Å². The Bertz CT molecular complexity index is 366. The molecule has 1 aliphatic heterocycles. The van der Waals surface area contributed by atoms with Crippen LogP contribution in [0.25, 0.3) is 5.57 Å². The Kier molecular flexibility index (Phi) is 1.76. The lowest BCUT2D eigenvalue weighted by Gasteiger charge is -2.24. The second kappa shape index (κ2) is 2.80. The first kappa shape index (κ1) is 8.17. The molecule has 0 saturated carbocycles. The van der Waals surface area contributed by atoms with Gasteiger partial charge in [-0.05, 0) is 19.9 Å². The number of allylic oxidation sites excluding steroid dienone is 1. The number of aliphatic hydroxyl groups excluding tert-OH is 1. The van der Waals surface area contributed by atoms with E-state index in [1.54, 1.807) is 0 Å². The summed E-state index contributed by atoms with van der Waals surface area (Å²) in [4.78, 5) is 0. The van der Waals surface area contributed by atoms with Crippen molar-refractivity contribution in [3.05, 3.63) is 35.6 Å². The molecule has 2 nitrogen and oxygen atoms in total. The molecule has 1 N–H and O–H groups in total. The monoisotopic (exact) mass is 176 g/mol. The molecule has 1 heterocycles. The van der Waals surface area contributed by atoms with Gasteiger partial charge >= 0.3 is 0 Å². The summed E-state index contributed by atoms with van der Waals surface area (Å²) in [6.45, 7) is 3.75. The number of ether oxygens (including phenoxy) is 1. The fraction of sp³-hybridized carbons (Fsp3) is 0.273. The van der Waals surface area contributed by atoms with Gasteiger partial charge in [0.05, 0.1) is 0 Å². The van der Waals surface area contributed by atoms with Crippen LogP contribution in [0, 0.1) is 0 Å². The molecular formula is C11H12O2. The van der Waals surface area contributed by atoms with E-state index in [4.69, 9.17) is 4.74 Å². The van der Waals surface area contributed by atoms with Crippen molar-refractivity contribution >= 4 is 5.57 Å². The van der Waals surface area contributed by atoms with E-state index in [0.717, 1.165) is 16.9 Å². The summed E-state index contributed by atoms with van der Waals surface area (Å²) in [6.07, 6.45) is -0.227. The molecule has 0 bridgehead atoms. The highest BCUT2D eigenvalue weighted by Crippen LogP contribution is 2.33. The molecular weight excluding hydrogens is 164 g/mol. The molecule has 0 spiro atoms. The van der Waals surface area contributed by atoms with Crippen molar-refractivity contribution in [3.63, 3.8) is 0 Å². The Morgan fingerprint density at radius 2 is 2.00 bits per heavy atom. The van der Waals surface area contributed by atoms with Gasteiger partial charge in [-0.3, -0.25) is 0 Å². The smallest absolute Gasteiger partial charge is 0.153 e. The summed E-state index contributed by atoms with van der Waals surface area (Å²) in [6, 6.07) is 7.74. The van der Waals surface area contributed by atoms with Crippen molar-refractivity contribution in [2.75, 3.05) is 0 Å². The Morgan fingerprint density at radius 3 is 2.77 bits per heavy atom. The van der Waals surface area contributed by atoms with Crippen molar-refractivity contribution in [2.45, 2.75) is 20.0 Å². The molecule has 1 atom stereocenters. The van der Waals surface area contributed by atoms with Gasteiger partial charge in [-0.25, -0.2) is 0 Å². The Balaban J connectivity index is 2.59. The minimum absolute atomic E-state index is 0.227. The normalized spacial score (nSPS) is 20.9. The number of rotatable bonds is 0. The number of benzene rings is 1. The van der Waals surface area contributed by atoms with Gasteiger partial charge in [0.2, 0.25) is 0 Å². The zero-order valence-electron chi connectivity index (χ0n) is 7.74. The van der Waals surface area contributed by atoms with Crippen LogP contribution in [-0.2, 0) is 0 Å². The third-order valence-electron chi connectivity index (χ3n) is 2.36. The number of para-hydroxylation sites is 1. The van der Waals surface area contributed by atoms with E-state index < -0.39 is 0 Å². The fourth-order valence-electron chi connectivity index (χ4n) is 1.57. The van der Waals surface area contributed by atoms with Gasteiger partial charge in [-0.15, -0.1) is 0 Å². The van der Waals surface area contributed by atoms with Crippen molar-refractivity contribution in [2.24, 2.45) is 0 Å². The molecule has 0 aliphatic carbocycles. The minimum Gasteiger partial charge on any atom is -0.508 e. The van der Waals surface area contributed by atoms with E-state index in [-0.39, 0.29) is 6.10 Å². The van der Waals surface area contributed by atoms with Gasteiger partial charge in [0.1, 0.15) is 11.5 Å².